The Labute approximate surface area is 161 Å². The lowest BCUT2D eigenvalue weighted by Crippen LogP contribution is -2.13. The molecule has 1 amide bonds. The van der Waals surface area contributed by atoms with Gasteiger partial charge in [0.2, 0.25) is 5.95 Å². The molecule has 3 rings (SSSR count). The van der Waals surface area contributed by atoms with Gasteiger partial charge in [-0.2, -0.15) is 0 Å². The largest absolute Gasteiger partial charge is 0.324 e. The molecule has 0 radical (unpaired) electrons. The monoisotopic (exact) mass is 386 g/mol. The maximum Gasteiger partial charge on any atom is 0.258 e. The number of nitrogens with zero attached hydrogens (tertiary/aromatic N) is 2. The van der Waals surface area contributed by atoms with E-state index >= 15 is 0 Å². The van der Waals surface area contributed by atoms with E-state index in [9.17, 15) is 4.79 Å². The van der Waals surface area contributed by atoms with Crippen molar-refractivity contribution in [3.8, 4) is 0 Å². The average molecular weight is 387 g/mol. The van der Waals surface area contributed by atoms with Crippen molar-refractivity contribution in [1.82, 2.24) is 9.97 Å². The van der Waals surface area contributed by atoms with Crippen LogP contribution in [-0.4, -0.2) is 15.9 Å². The molecule has 0 spiro atoms. The number of carbonyl (C=O) groups excluding carboxylic acids is 1. The van der Waals surface area contributed by atoms with E-state index in [4.69, 9.17) is 23.2 Å². The van der Waals surface area contributed by atoms with Gasteiger partial charge in [0.25, 0.3) is 5.91 Å². The van der Waals surface area contributed by atoms with Crippen LogP contribution in [-0.2, 0) is 0 Å². The Morgan fingerprint density at radius 1 is 0.962 bits per heavy atom. The summed E-state index contributed by atoms with van der Waals surface area (Å²) in [6.45, 7) is 4.09. The van der Waals surface area contributed by atoms with Gasteiger partial charge in [0.05, 0.1) is 21.3 Å². The first-order valence-electron chi connectivity index (χ1n) is 7.86. The van der Waals surface area contributed by atoms with E-state index in [2.05, 4.69) is 20.6 Å². The zero-order chi connectivity index (χ0) is 18.7. The third-order valence-corrected chi connectivity index (χ3v) is 4.51. The molecule has 3 aromatic rings. The number of carbonyl (C=O) groups is 1. The number of hydrogen-bond acceptors (Lipinski definition) is 4. The summed E-state index contributed by atoms with van der Waals surface area (Å²) in [6, 6.07) is 11.0. The Kier molecular flexibility index (Phi) is 5.40. The zero-order valence-corrected chi connectivity index (χ0v) is 15.7. The lowest BCUT2D eigenvalue weighted by atomic mass is 10.1. The minimum Gasteiger partial charge on any atom is -0.324 e. The van der Waals surface area contributed by atoms with Gasteiger partial charge in [0.15, 0.2) is 0 Å². The molecule has 0 aliphatic rings. The van der Waals surface area contributed by atoms with Crippen LogP contribution in [0.3, 0.4) is 0 Å². The highest BCUT2D eigenvalue weighted by atomic mass is 35.5. The Balaban J connectivity index is 1.72. The first-order chi connectivity index (χ1) is 12.4. The van der Waals surface area contributed by atoms with Crippen molar-refractivity contribution in [2.75, 3.05) is 10.6 Å². The highest BCUT2D eigenvalue weighted by Gasteiger charge is 2.12. The number of hydrogen-bond donors (Lipinski definition) is 2. The van der Waals surface area contributed by atoms with E-state index in [-0.39, 0.29) is 0 Å². The number of benzene rings is 2. The number of amides is 1. The minimum absolute atomic E-state index is 0.298. The molecule has 0 bridgehead atoms. The summed E-state index contributed by atoms with van der Waals surface area (Å²) in [6.07, 6.45) is 2.88. The van der Waals surface area contributed by atoms with Gasteiger partial charge < -0.3 is 10.6 Å². The van der Waals surface area contributed by atoms with Crippen LogP contribution in [0.5, 0.6) is 0 Å². The summed E-state index contributed by atoms with van der Waals surface area (Å²) in [7, 11) is 0. The maximum absolute atomic E-state index is 12.3. The van der Waals surface area contributed by atoms with Gasteiger partial charge in [0, 0.05) is 18.1 Å². The smallest absolute Gasteiger partial charge is 0.258 e. The van der Waals surface area contributed by atoms with E-state index in [0.717, 1.165) is 5.69 Å². The Bertz CT molecular complexity index is 938. The predicted molar refractivity (Wildman–Crippen MR) is 106 cm³/mol. The van der Waals surface area contributed by atoms with E-state index < -0.39 is 5.91 Å². The summed E-state index contributed by atoms with van der Waals surface area (Å²) in [4.78, 5) is 20.7. The van der Waals surface area contributed by atoms with Crippen LogP contribution >= 0.6 is 23.2 Å². The first-order valence-corrected chi connectivity index (χ1v) is 8.61. The lowest BCUT2D eigenvalue weighted by Gasteiger charge is -2.10. The van der Waals surface area contributed by atoms with E-state index in [1.54, 1.807) is 18.2 Å². The van der Waals surface area contributed by atoms with Crippen LogP contribution in [0.4, 0.5) is 17.3 Å². The Morgan fingerprint density at radius 2 is 1.62 bits per heavy atom. The molecule has 2 aromatic carbocycles. The fraction of sp³-hybridized carbons (Fsp3) is 0.105. The molecule has 26 heavy (non-hydrogen) atoms. The van der Waals surface area contributed by atoms with Crippen molar-refractivity contribution in [2.45, 2.75) is 13.8 Å². The normalized spacial score (nSPS) is 10.5. The molecular formula is C19H16Cl2N4O. The number of rotatable bonds is 4. The van der Waals surface area contributed by atoms with Gasteiger partial charge in [-0.3, -0.25) is 4.79 Å². The molecule has 132 valence electrons. The Morgan fingerprint density at radius 3 is 2.23 bits per heavy atom. The summed E-state index contributed by atoms with van der Waals surface area (Å²) in [5, 5.41) is 6.51. The van der Waals surface area contributed by atoms with Crippen LogP contribution in [0.1, 0.15) is 21.5 Å². The molecular weight excluding hydrogens is 371 g/mol. The minimum atomic E-state index is -0.391. The van der Waals surface area contributed by atoms with Crippen LogP contribution < -0.4 is 10.6 Å². The average Bonchev–Trinajstić information content (AvgIpc) is 2.62. The van der Waals surface area contributed by atoms with Gasteiger partial charge in [-0.15, -0.1) is 0 Å². The quantitative estimate of drug-likeness (QED) is 0.629. The third-order valence-electron chi connectivity index (χ3n) is 3.88. The van der Waals surface area contributed by atoms with Crippen molar-refractivity contribution in [3.05, 3.63) is 75.5 Å². The Hall–Kier alpha value is -2.63. The molecule has 0 aliphatic heterocycles. The van der Waals surface area contributed by atoms with Crippen molar-refractivity contribution in [1.29, 1.82) is 0 Å². The van der Waals surface area contributed by atoms with Gasteiger partial charge >= 0.3 is 0 Å². The molecule has 2 N–H and O–H groups in total. The van der Waals surface area contributed by atoms with Crippen LogP contribution in [0.15, 0.2) is 48.8 Å². The fourth-order valence-corrected chi connectivity index (χ4v) is 2.75. The molecule has 0 saturated heterocycles. The molecule has 5 nitrogen and oxygen atoms in total. The highest BCUT2D eigenvalue weighted by Crippen LogP contribution is 2.30. The molecule has 0 fully saturated rings. The number of nitrogens with one attached hydrogen (secondary N) is 2. The topological polar surface area (TPSA) is 66.9 Å². The van der Waals surface area contributed by atoms with Gasteiger partial charge in [-0.05, 0) is 49.2 Å². The highest BCUT2D eigenvalue weighted by molar-refractivity contribution is 6.40. The molecule has 1 aromatic heterocycles. The molecule has 0 aliphatic carbocycles. The summed E-state index contributed by atoms with van der Waals surface area (Å²) in [5.74, 6) is 0.0123. The molecule has 0 unspecified atom stereocenters. The summed E-state index contributed by atoms with van der Waals surface area (Å²) in [5.41, 5.74) is 3.92. The number of aryl methyl sites for hydroxylation is 2. The van der Waals surface area contributed by atoms with E-state index in [0.29, 0.717) is 27.2 Å². The number of para-hydroxylation sites is 1. The van der Waals surface area contributed by atoms with E-state index in [1.807, 2.05) is 32.0 Å². The maximum atomic E-state index is 12.3. The number of aromatic nitrogens is 2. The molecule has 0 atom stereocenters. The summed E-state index contributed by atoms with van der Waals surface area (Å²) < 4.78 is 0. The zero-order valence-electron chi connectivity index (χ0n) is 14.2. The number of halogens is 2. The van der Waals surface area contributed by atoms with Crippen LogP contribution in [0.25, 0.3) is 0 Å². The van der Waals surface area contributed by atoms with Gasteiger partial charge in [-0.25, -0.2) is 9.97 Å². The third kappa shape index (κ3) is 4.12. The predicted octanol–water partition coefficient (Wildman–Crippen LogP) is 5.40. The second-order valence-electron chi connectivity index (χ2n) is 5.77. The van der Waals surface area contributed by atoms with E-state index in [1.165, 1.54) is 23.5 Å². The lowest BCUT2D eigenvalue weighted by molar-refractivity contribution is 0.102. The summed E-state index contributed by atoms with van der Waals surface area (Å²) >= 11 is 12.1. The van der Waals surface area contributed by atoms with Crippen molar-refractivity contribution >= 4 is 46.4 Å². The first kappa shape index (κ1) is 18.2. The van der Waals surface area contributed by atoms with Crippen LogP contribution in [0.2, 0.25) is 10.0 Å². The standard InChI is InChI=1S/C19H16Cl2N4O/c1-11-6-7-14(8-12(11)2)24-19-22-9-13(10-23-19)18(26)25-17-15(20)4-3-5-16(17)21/h3-10H,1-2H3,(H,25,26)(H,22,23,24). The van der Waals surface area contributed by atoms with Crippen LogP contribution in [0, 0.1) is 13.8 Å². The van der Waals surface area contributed by atoms with Crippen molar-refractivity contribution < 1.29 is 4.79 Å². The second kappa shape index (κ2) is 7.72. The molecule has 7 heteroatoms. The van der Waals surface area contributed by atoms with Crippen molar-refractivity contribution in [2.24, 2.45) is 0 Å². The second-order valence-corrected chi connectivity index (χ2v) is 6.58. The fourth-order valence-electron chi connectivity index (χ4n) is 2.26. The van der Waals surface area contributed by atoms with Crippen molar-refractivity contribution in [3.63, 3.8) is 0 Å². The van der Waals surface area contributed by atoms with Gasteiger partial charge in [0.1, 0.15) is 0 Å². The number of anilines is 3. The molecule has 0 saturated carbocycles. The SMILES string of the molecule is Cc1ccc(Nc2ncc(C(=O)Nc3c(Cl)cccc3Cl)cn2)cc1C. The molecule has 1 heterocycles. The van der Waals surface area contributed by atoms with Gasteiger partial charge in [-0.1, -0.05) is 35.3 Å².